The van der Waals surface area contributed by atoms with Crippen LogP contribution in [-0.4, -0.2) is 18.1 Å². The van der Waals surface area contributed by atoms with Crippen molar-refractivity contribution in [3.05, 3.63) is 30.1 Å². The minimum Gasteiger partial charge on any atom is -0.317 e. The molecule has 78 valence electrons. The molecule has 2 atom stereocenters. The molecule has 1 rings (SSSR count). The van der Waals surface area contributed by atoms with Gasteiger partial charge in [-0.1, -0.05) is 13.8 Å². The van der Waals surface area contributed by atoms with Gasteiger partial charge in [-0.2, -0.15) is 0 Å². The monoisotopic (exact) mass is 192 g/mol. The van der Waals surface area contributed by atoms with E-state index in [1.165, 1.54) is 5.56 Å². The fraction of sp³-hybridized carbons (Fsp3) is 0.583. The Balaban J connectivity index is 2.89. The summed E-state index contributed by atoms with van der Waals surface area (Å²) < 4.78 is 0. The van der Waals surface area contributed by atoms with E-state index in [2.05, 4.69) is 43.2 Å². The molecule has 1 aromatic heterocycles. The lowest BCUT2D eigenvalue weighted by atomic mass is 9.84. The summed E-state index contributed by atoms with van der Waals surface area (Å²) in [5.41, 5.74) is 1.37. The molecule has 0 spiro atoms. The van der Waals surface area contributed by atoms with Gasteiger partial charge < -0.3 is 5.32 Å². The fourth-order valence-electron chi connectivity index (χ4n) is 2.02. The Morgan fingerprint density at radius 2 is 1.71 bits per heavy atom. The van der Waals surface area contributed by atoms with Crippen LogP contribution in [0.2, 0.25) is 0 Å². The maximum atomic E-state index is 4.05. The van der Waals surface area contributed by atoms with Crippen LogP contribution in [-0.2, 0) is 0 Å². The number of hydrogen-bond donors (Lipinski definition) is 1. The number of pyridine rings is 1. The van der Waals surface area contributed by atoms with Crippen LogP contribution >= 0.6 is 0 Å². The summed E-state index contributed by atoms with van der Waals surface area (Å²) in [5, 5.41) is 3.32. The van der Waals surface area contributed by atoms with E-state index in [1.54, 1.807) is 0 Å². The number of rotatable bonds is 4. The Morgan fingerprint density at radius 3 is 2.14 bits per heavy atom. The Hall–Kier alpha value is -0.890. The first-order valence-electron chi connectivity index (χ1n) is 5.24. The summed E-state index contributed by atoms with van der Waals surface area (Å²) in [6, 6.07) is 4.72. The highest BCUT2D eigenvalue weighted by Crippen LogP contribution is 2.27. The van der Waals surface area contributed by atoms with Gasteiger partial charge in [0.05, 0.1) is 0 Å². The van der Waals surface area contributed by atoms with Gasteiger partial charge in [-0.25, -0.2) is 0 Å². The van der Waals surface area contributed by atoms with Crippen molar-refractivity contribution in [1.82, 2.24) is 10.3 Å². The van der Waals surface area contributed by atoms with Crippen LogP contribution in [0.1, 0.15) is 32.3 Å². The van der Waals surface area contributed by atoms with Crippen LogP contribution < -0.4 is 5.32 Å². The van der Waals surface area contributed by atoms with Gasteiger partial charge in [0.15, 0.2) is 0 Å². The Morgan fingerprint density at radius 1 is 1.14 bits per heavy atom. The predicted octanol–water partition coefficient (Wildman–Crippen LogP) is 2.43. The molecule has 1 heterocycles. The fourth-order valence-corrected chi connectivity index (χ4v) is 2.02. The van der Waals surface area contributed by atoms with Crippen molar-refractivity contribution in [3.8, 4) is 0 Å². The third-order valence-corrected chi connectivity index (χ3v) is 2.80. The second-order valence-corrected chi connectivity index (χ2v) is 4.13. The van der Waals surface area contributed by atoms with Gasteiger partial charge in [-0.05, 0) is 37.6 Å². The van der Waals surface area contributed by atoms with Gasteiger partial charge in [0.25, 0.3) is 0 Å². The molecule has 0 radical (unpaired) electrons. The molecule has 0 saturated carbocycles. The number of hydrogen-bond acceptors (Lipinski definition) is 2. The van der Waals surface area contributed by atoms with Crippen molar-refractivity contribution in [2.24, 2.45) is 5.92 Å². The number of aromatic nitrogens is 1. The minimum atomic E-state index is 0.498. The first kappa shape index (κ1) is 11.2. The Kier molecular flexibility index (Phi) is 4.08. The van der Waals surface area contributed by atoms with E-state index < -0.39 is 0 Å². The van der Waals surface area contributed by atoms with E-state index in [-0.39, 0.29) is 0 Å². The Labute approximate surface area is 86.8 Å². The normalized spacial score (nSPS) is 15.5. The molecule has 0 aliphatic heterocycles. The third-order valence-electron chi connectivity index (χ3n) is 2.80. The highest BCUT2D eigenvalue weighted by Gasteiger charge is 2.20. The molecule has 0 aromatic carbocycles. The summed E-state index contributed by atoms with van der Waals surface area (Å²) in [5.74, 6) is 1.20. The van der Waals surface area contributed by atoms with E-state index in [1.807, 2.05) is 19.4 Å². The number of likely N-dealkylation sites (N-methyl/N-ethyl adjacent to an activating group) is 1. The van der Waals surface area contributed by atoms with E-state index in [9.17, 15) is 0 Å². The van der Waals surface area contributed by atoms with Crippen LogP contribution in [0.4, 0.5) is 0 Å². The third kappa shape index (κ3) is 2.55. The van der Waals surface area contributed by atoms with Crippen molar-refractivity contribution in [2.75, 3.05) is 7.05 Å². The van der Waals surface area contributed by atoms with Crippen molar-refractivity contribution < 1.29 is 0 Å². The number of nitrogens with one attached hydrogen (secondary N) is 1. The standard InChI is InChI=1S/C12H20N2/c1-9(2)12(10(3)13-4)11-5-7-14-8-6-11/h5-10,12-13H,1-4H3. The minimum absolute atomic E-state index is 0.498. The van der Waals surface area contributed by atoms with Gasteiger partial charge in [0.1, 0.15) is 0 Å². The van der Waals surface area contributed by atoms with E-state index in [0.29, 0.717) is 17.9 Å². The van der Waals surface area contributed by atoms with E-state index in [0.717, 1.165) is 0 Å². The van der Waals surface area contributed by atoms with Gasteiger partial charge in [-0.3, -0.25) is 4.98 Å². The molecule has 2 unspecified atom stereocenters. The van der Waals surface area contributed by atoms with Crippen LogP contribution in [0, 0.1) is 5.92 Å². The molecule has 1 N–H and O–H groups in total. The smallest absolute Gasteiger partial charge is 0.0270 e. The van der Waals surface area contributed by atoms with Gasteiger partial charge in [-0.15, -0.1) is 0 Å². The molecular formula is C12H20N2. The zero-order chi connectivity index (χ0) is 10.6. The molecule has 0 amide bonds. The second kappa shape index (κ2) is 5.11. The molecule has 0 bridgehead atoms. The largest absolute Gasteiger partial charge is 0.317 e. The van der Waals surface area contributed by atoms with Crippen LogP contribution in [0.3, 0.4) is 0 Å². The lowest BCUT2D eigenvalue weighted by Crippen LogP contribution is -2.31. The van der Waals surface area contributed by atoms with Crippen molar-refractivity contribution in [1.29, 1.82) is 0 Å². The van der Waals surface area contributed by atoms with Crippen LogP contribution in [0.15, 0.2) is 24.5 Å². The summed E-state index contributed by atoms with van der Waals surface area (Å²) >= 11 is 0. The van der Waals surface area contributed by atoms with Crippen LogP contribution in [0.5, 0.6) is 0 Å². The van der Waals surface area contributed by atoms with Crippen molar-refractivity contribution >= 4 is 0 Å². The van der Waals surface area contributed by atoms with Gasteiger partial charge in [0.2, 0.25) is 0 Å². The lowest BCUT2D eigenvalue weighted by molar-refractivity contribution is 0.395. The SMILES string of the molecule is CNC(C)C(c1ccncc1)C(C)C. The highest BCUT2D eigenvalue weighted by molar-refractivity contribution is 5.18. The summed E-state index contributed by atoms with van der Waals surface area (Å²) in [6.45, 7) is 6.75. The molecule has 1 aromatic rings. The molecule has 0 fully saturated rings. The predicted molar refractivity (Wildman–Crippen MR) is 60.3 cm³/mol. The summed E-state index contributed by atoms with van der Waals surface area (Å²) in [6.07, 6.45) is 3.74. The molecule has 0 aliphatic rings. The first-order valence-corrected chi connectivity index (χ1v) is 5.24. The average molecular weight is 192 g/mol. The molecule has 0 saturated heterocycles. The topological polar surface area (TPSA) is 24.9 Å². The molecular weight excluding hydrogens is 172 g/mol. The second-order valence-electron chi connectivity index (χ2n) is 4.13. The summed E-state index contributed by atoms with van der Waals surface area (Å²) in [4.78, 5) is 4.05. The average Bonchev–Trinajstić information content (AvgIpc) is 2.19. The van der Waals surface area contributed by atoms with Crippen LogP contribution in [0.25, 0.3) is 0 Å². The van der Waals surface area contributed by atoms with E-state index >= 15 is 0 Å². The first-order chi connectivity index (χ1) is 6.66. The van der Waals surface area contributed by atoms with Gasteiger partial charge in [0, 0.05) is 24.4 Å². The highest BCUT2D eigenvalue weighted by atomic mass is 14.9. The molecule has 0 aliphatic carbocycles. The lowest BCUT2D eigenvalue weighted by Gasteiger charge is -2.27. The molecule has 14 heavy (non-hydrogen) atoms. The maximum absolute atomic E-state index is 4.05. The maximum Gasteiger partial charge on any atom is 0.0270 e. The zero-order valence-electron chi connectivity index (χ0n) is 9.49. The summed E-state index contributed by atoms with van der Waals surface area (Å²) in [7, 11) is 2.02. The molecule has 2 heteroatoms. The van der Waals surface area contributed by atoms with Gasteiger partial charge >= 0.3 is 0 Å². The van der Waals surface area contributed by atoms with Crippen molar-refractivity contribution in [2.45, 2.75) is 32.7 Å². The van der Waals surface area contributed by atoms with E-state index in [4.69, 9.17) is 0 Å². The zero-order valence-corrected chi connectivity index (χ0v) is 9.49. The van der Waals surface area contributed by atoms with Crippen molar-refractivity contribution in [3.63, 3.8) is 0 Å². The number of nitrogens with zero attached hydrogens (tertiary/aromatic N) is 1. The molecule has 2 nitrogen and oxygen atoms in total. The Bertz CT molecular complexity index is 256. The quantitative estimate of drug-likeness (QED) is 0.792.